The van der Waals surface area contributed by atoms with Gasteiger partial charge in [-0.2, -0.15) is 0 Å². The van der Waals surface area contributed by atoms with Crippen molar-refractivity contribution in [1.29, 1.82) is 0 Å². The minimum atomic E-state index is 0.839. The lowest BCUT2D eigenvalue weighted by Gasteiger charge is -2.16. The maximum absolute atomic E-state index is 5.47. The van der Waals surface area contributed by atoms with E-state index in [1.807, 2.05) is 24.3 Å². The molecule has 2 N–H and O–H groups in total. The molecule has 0 saturated heterocycles. The largest absolute Gasteiger partial charge is 0.497 e. The Morgan fingerprint density at radius 3 is 1.50 bits per heavy atom. The molecule has 0 aliphatic carbocycles. The maximum atomic E-state index is 5.47. The molecule has 0 amide bonds. The number of methoxy groups -OCH3 is 2. The highest BCUT2D eigenvalue weighted by Gasteiger charge is 2.23. The summed E-state index contributed by atoms with van der Waals surface area (Å²) in [4.78, 5) is 7.53. The number of aromatic amines is 2. The molecule has 0 aliphatic heterocycles. The van der Waals surface area contributed by atoms with Gasteiger partial charge in [0.1, 0.15) is 11.5 Å². The van der Waals surface area contributed by atoms with Gasteiger partial charge >= 0.3 is 0 Å². The van der Waals surface area contributed by atoms with Crippen molar-refractivity contribution in [2.75, 3.05) is 14.2 Å². The molecule has 0 radical (unpaired) electrons. The number of aromatic nitrogens is 2. The molecule has 7 rings (SSSR count). The summed E-state index contributed by atoms with van der Waals surface area (Å²) in [6.45, 7) is 0. The fourth-order valence-corrected chi connectivity index (χ4v) is 5.52. The Balaban J connectivity index is 1.74. The van der Waals surface area contributed by atoms with Crippen LogP contribution in [0.2, 0.25) is 0 Å². The van der Waals surface area contributed by atoms with Crippen LogP contribution in [0.1, 0.15) is 0 Å². The van der Waals surface area contributed by atoms with Gasteiger partial charge in [0.15, 0.2) is 0 Å². The number of H-pyrrole nitrogens is 2. The van der Waals surface area contributed by atoms with Crippen molar-refractivity contribution in [3.8, 4) is 33.8 Å². The zero-order valence-electron chi connectivity index (χ0n) is 20.1. The van der Waals surface area contributed by atoms with Crippen molar-refractivity contribution >= 4 is 43.6 Å². The molecule has 0 aliphatic rings. The SMILES string of the molecule is COc1ccc(-c2c(-c3ccc(OC)cc3)c3c4ccccc4[nH]c3c3c2[nH]c2ccccc23)cc1. The van der Waals surface area contributed by atoms with Gasteiger partial charge in [-0.3, -0.25) is 0 Å². The number of nitrogens with one attached hydrogen (secondary N) is 2. The van der Waals surface area contributed by atoms with Gasteiger partial charge in [0, 0.05) is 43.7 Å². The van der Waals surface area contributed by atoms with E-state index in [0.29, 0.717) is 0 Å². The van der Waals surface area contributed by atoms with E-state index in [4.69, 9.17) is 9.47 Å². The normalized spacial score (nSPS) is 11.6. The minimum absolute atomic E-state index is 0.839. The van der Waals surface area contributed by atoms with Crippen molar-refractivity contribution in [3.05, 3.63) is 97.1 Å². The van der Waals surface area contributed by atoms with Crippen LogP contribution >= 0.6 is 0 Å². The van der Waals surface area contributed by atoms with Crippen LogP contribution < -0.4 is 9.47 Å². The second kappa shape index (κ2) is 7.92. The zero-order valence-corrected chi connectivity index (χ0v) is 20.1. The summed E-state index contributed by atoms with van der Waals surface area (Å²) in [5.74, 6) is 1.68. The van der Waals surface area contributed by atoms with Crippen LogP contribution in [0.3, 0.4) is 0 Å². The number of hydrogen-bond donors (Lipinski definition) is 2. The smallest absolute Gasteiger partial charge is 0.118 e. The fraction of sp³-hybridized carbons (Fsp3) is 0.0625. The summed E-state index contributed by atoms with van der Waals surface area (Å²) in [6.07, 6.45) is 0. The first-order valence-corrected chi connectivity index (χ1v) is 12.0. The molecule has 0 unspecified atom stereocenters. The first-order valence-electron chi connectivity index (χ1n) is 12.0. The lowest BCUT2D eigenvalue weighted by molar-refractivity contribution is 0.414. The van der Waals surface area contributed by atoms with Crippen LogP contribution in [0.25, 0.3) is 65.9 Å². The third-order valence-corrected chi connectivity index (χ3v) is 7.17. The molecule has 4 heteroatoms. The molecule has 36 heavy (non-hydrogen) atoms. The number of rotatable bonds is 4. The van der Waals surface area contributed by atoms with Gasteiger partial charge < -0.3 is 19.4 Å². The summed E-state index contributed by atoms with van der Waals surface area (Å²) in [6, 6.07) is 33.8. The molecule has 174 valence electrons. The summed E-state index contributed by atoms with van der Waals surface area (Å²) < 4.78 is 10.9. The first kappa shape index (κ1) is 20.7. The summed E-state index contributed by atoms with van der Waals surface area (Å²) in [5.41, 5.74) is 9.13. The van der Waals surface area contributed by atoms with Crippen molar-refractivity contribution in [2.24, 2.45) is 0 Å². The van der Waals surface area contributed by atoms with E-state index in [0.717, 1.165) is 44.7 Å². The third-order valence-electron chi connectivity index (χ3n) is 7.17. The van der Waals surface area contributed by atoms with Crippen LogP contribution in [-0.4, -0.2) is 24.2 Å². The maximum Gasteiger partial charge on any atom is 0.118 e. The van der Waals surface area contributed by atoms with E-state index in [-0.39, 0.29) is 0 Å². The number of benzene rings is 5. The molecule has 0 bridgehead atoms. The van der Waals surface area contributed by atoms with Crippen molar-refractivity contribution in [1.82, 2.24) is 9.97 Å². The molecule has 4 nitrogen and oxygen atoms in total. The van der Waals surface area contributed by atoms with Crippen LogP contribution in [-0.2, 0) is 0 Å². The fourth-order valence-electron chi connectivity index (χ4n) is 5.52. The number of para-hydroxylation sites is 2. The van der Waals surface area contributed by atoms with E-state index >= 15 is 0 Å². The highest BCUT2D eigenvalue weighted by Crippen LogP contribution is 2.48. The molecule has 5 aromatic carbocycles. The summed E-state index contributed by atoms with van der Waals surface area (Å²) >= 11 is 0. The van der Waals surface area contributed by atoms with Gasteiger partial charge in [0.05, 0.1) is 25.3 Å². The van der Waals surface area contributed by atoms with Gasteiger partial charge in [-0.25, -0.2) is 0 Å². The Hall–Kier alpha value is -4.70. The highest BCUT2D eigenvalue weighted by atomic mass is 16.5. The molecule has 2 aromatic heterocycles. The standard InChI is InChI=1S/C32H24N2O2/c1-35-21-15-11-19(12-16-21)27-28(20-13-17-22(36-2)18-14-20)31-30(24-8-4-6-10-26(24)33-31)32-29(27)23-7-3-5-9-25(23)34-32/h3-18,33-34H,1-2H3. The van der Waals surface area contributed by atoms with Gasteiger partial charge in [0.2, 0.25) is 0 Å². The Kier molecular flexibility index (Phi) is 4.55. The Morgan fingerprint density at radius 2 is 0.944 bits per heavy atom. The van der Waals surface area contributed by atoms with Gasteiger partial charge in [-0.05, 0) is 47.5 Å². The van der Waals surface area contributed by atoms with E-state index < -0.39 is 0 Å². The molecule has 0 spiro atoms. The lowest BCUT2D eigenvalue weighted by atomic mass is 9.88. The summed E-state index contributed by atoms with van der Waals surface area (Å²) in [7, 11) is 3.40. The lowest BCUT2D eigenvalue weighted by Crippen LogP contribution is -1.91. The molecule has 7 aromatic rings. The van der Waals surface area contributed by atoms with E-state index in [1.165, 1.54) is 32.7 Å². The summed E-state index contributed by atoms with van der Waals surface area (Å²) in [5, 5.41) is 4.85. The second-order valence-electron chi connectivity index (χ2n) is 9.05. The van der Waals surface area contributed by atoms with Gasteiger partial charge in [-0.1, -0.05) is 60.7 Å². The Labute approximate surface area is 208 Å². The molecular weight excluding hydrogens is 444 g/mol. The van der Waals surface area contributed by atoms with Crippen LogP contribution in [0.15, 0.2) is 97.1 Å². The molecule has 2 heterocycles. The topological polar surface area (TPSA) is 50.0 Å². The minimum Gasteiger partial charge on any atom is -0.497 e. The van der Waals surface area contributed by atoms with Gasteiger partial charge in [-0.15, -0.1) is 0 Å². The monoisotopic (exact) mass is 468 g/mol. The van der Waals surface area contributed by atoms with Crippen LogP contribution in [0, 0.1) is 0 Å². The molecular formula is C32H24N2O2. The Bertz CT molecular complexity index is 1890. The highest BCUT2D eigenvalue weighted by molar-refractivity contribution is 6.32. The quantitative estimate of drug-likeness (QED) is 0.273. The zero-order chi connectivity index (χ0) is 24.2. The average molecular weight is 469 g/mol. The molecule has 0 fully saturated rings. The number of fused-ring (bicyclic) bond motifs is 7. The molecule has 0 saturated carbocycles. The van der Waals surface area contributed by atoms with Gasteiger partial charge in [0.25, 0.3) is 0 Å². The number of ether oxygens (including phenoxy) is 2. The Morgan fingerprint density at radius 1 is 0.472 bits per heavy atom. The predicted octanol–water partition coefficient (Wildman–Crippen LogP) is 8.31. The van der Waals surface area contributed by atoms with E-state index in [1.54, 1.807) is 14.2 Å². The van der Waals surface area contributed by atoms with Crippen LogP contribution in [0.4, 0.5) is 0 Å². The second-order valence-corrected chi connectivity index (χ2v) is 9.05. The third kappa shape index (κ3) is 2.94. The van der Waals surface area contributed by atoms with Crippen molar-refractivity contribution in [3.63, 3.8) is 0 Å². The van der Waals surface area contributed by atoms with E-state index in [9.17, 15) is 0 Å². The average Bonchev–Trinajstić information content (AvgIpc) is 3.51. The van der Waals surface area contributed by atoms with Crippen molar-refractivity contribution in [2.45, 2.75) is 0 Å². The predicted molar refractivity (Wildman–Crippen MR) is 149 cm³/mol. The van der Waals surface area contributed by atoms with Crippen molar-refractivity contribution < 1.29 is 9.47 Å². The van der Waals surface area contributed by atoms with Crippen LogP contribution in [0.5, 0.6) is 11.5 Å². The number of hydrogen-bond acceptors (Lipinski definition) is 2. The molecule has 0 atom stereocenters. The first-order chi connectivity index (χ1) is 17.8. The van der Waals surface area contributed by atoms with E-state index in [2.05, 4.69) is 82.8 Å².